The lowest BCUT2D eigenvalue weighted by molar-refractivity contribution is -0.339. The number of H-pyrrole nitrogens is 1. The first-order chi connectivity index (χ1) is 19.7. The van der Waals surface area contributed by atoms with Gasteiger partial charge in [0, 0.05) is 40.9 Å². The summed E-state index contributed by atoms with van der Waals surface area (Å²) in [6, 6.07) is 6.20. The summed E-state index contributed by atoms with van der Waals surface area (Å²) < 4.78 is 22.1. The van der Waals surface area contributed by atoms with E-state index in [-0.39, 0.29) is 18.4 Å². The zero-order valence-electron chi connectivity index (χ0n) is 22.3. The van der Waals surface area contributed by atoms with E-state index in [1.807, 2.05) is 24.3 Å². The number of nitrogens with one attached hydrogen (secondary N) is 2. The Morgan fingerprint density at radius 1 is 1.15 bits per heavy atom. The van der Waals surface area contributed by atoms with Crippen molar-refractivity contribution in [3.05, 3.63) is 60.0 Å². The lowest BCUT2D eigenvalue weighted by atomic mass is 9.77. The van der Waals surface area contributed by atoms with Crippen molar-refractivity contribution in [3.8, 4) is 0 Å². The molecule has 3 aliphatic rings. The summed E-state index contributed by atoms with van der Waals surface area (Å²) in [7, 11) is 1.23. The van der Waals surface area contributed by atoms with E-state index in [1.165, 1.54) is 19.4 Å². The van der Waals surface area contributed by atoms with Crippen LogP contribution in [0.25, 0.3) is 10.9 Å². The van der Waals surface area contributed by atoms with Crippen molar-refractivity contribution in [2.75, 3.05) is 13.7 Å². The molecule has 3 aliphatic heterocycles. The predicted molar refractivity (Wildman–Crippen MR) is 141 cm³/mol. The molecule has 0 unspecified atom stereocenters. The Kier molecular flexibility index (Phi) is 8.47. The molecular formula is C28H34N2O11. The second-order valence-corrected chi connectivity index (χ2v) is 10.4. The van der Waals surface area contributed by atoms with E-state index in [0.29, 0.717) is 0 Å². The number of carboxylic acids is 1. The monoisotopic (exact) mass is 574 g/mol. The van der Waals surface area contributed by atoms with Crippen LogP contribution in [0, 0.1) is 11.8 Å². The molecule has 5 rings (SSSR count). The van der Waals surface area contributed by atoms with Gasteiger partial charge in [0.15, 0.2) is 6.29 Å². The van der Waals surface area contributed by atoms with E-state index >= 15 is 0 Å². The van der Waals surface area contributed by atoms with Crippen LogP contribution in [-0.4, -0.2) is 99.2 Å². The molecule has 0 amide bonds. The molecule has 0 saturated carbocycles. The van der Waals surface area contributed by atoms with Gasteiger partial charge in [-0.2, -0.15) is 0 Å². The zero-order chi connectivity index (χ0) is 29.4. The van der Waals surface area contributed by atoms with Crippen molar-refractivity contribution in [2.45, 2.75) is 61.9 Å². The fourth-order valence-corrected chi connectivity index (χ4v) is 5.95. The second-order valence-electron chi connectivity index (χ2n) is 10.4. The van der Waals surface area contributed by atoms with Crippen LogP contribution in [0.3, 0.4) is 0 Å². The highest BCUT2D eigenvalue weighted by atomic mass is 16.8. The van der Waals surface area contributed by atoms with E-state index in [0.717, 1.165) is 22.2 Å². The van der Waals surface area contributed by atoms with Gasteiger partial charge in [0.25, 0.3) is 0 Å². The largest absolute Gasteiger partial charge is 0.480 e. The summed E-state index contributed by atoms with van der Waals surface area (Å²) in [5.41, 5.74) is 2.70. The number of esters is 1. The summed E-state index contributed by atoms with van der Waals surface area (Å²) >= 11 is 0. The van der Waals surface area contributed by atoms with Crippen LogP contribution in [0.2, 0.25) is 0 Å². The first kappa shape index (κ1) is 29.2. The maximum absolute atomic E-state index is 12.8. The molecule has 0 bridgehead atoms. The van der Waals surface area contributed by atoms with Crippen molar-refractivity contribution in [1.29, 1.82) is 0 Å². The Morgan fingerprint density at radius 2 is 1.90 bits per heavy atom. The van der Waals surface area contributed by atoms with Crippen molar-refractivity contribution in [2.24, 2.45) is 11.8 Å². The number of hydrogen-bond acceptors (Lipinski definition) is 11. The fraction of sp³-hybridized carbons (Fsp3) is 0.500. The Bertz CT molecular complexity index is 1320. The van der Waals surface area contributed by atoms with Crippen molar-refractivity contribution in [1.82, 2.24) is 10.3 Å². The van der Waals surface area contributed by atoms with Crippen LogP contribution in [-0.2, 0) is 35.0 Å². The van der Waals surface area contributed by atoms with E-state index in [1.54, 1.807) is 0 Å². The molecule has 0 radical (unpaired) electrons. The van der Waals surface area contributed by atoms with Crippen molar-refractivity contribution < 1.29 is 54.1 Å². The van der Waals surface area contributed by atoms with Crippen molar-refractivity contribution >= 4 is 22.8 Å². The predicted octanol–water partition coefficient (Wildman–Crippen LogP) is -0.154. The summed E-state index contributed by atoms with van der Waals surface area (Å²) in [5, 5.41) is 54.3. The summed E-state index contributed by atoms with van der Waals surface area (Å²) in [6.45, 7) is 3.26. The Labute approximate surface area is 235 Å². The minimum Gasteiger partial charge on any atom is -0.480 e. The number of aromatic amines is 1. The molecule has 1 fully saturated rings. The molecule has 13 nitrogen and oxygen atoms in total. The van der Waals surface area contributed by atoms with Crippen LogP contribution in [0.5, 0.6) is 0 Å². The molecule has 1 aromatic carbocycles. The number of aliphatic hydroxyl groups excluding tert-OH is 4. The molecule has 0 spiro atoms. The second kappa shape index (κ2) is 11.9. The number of carbonyl (C=O) groups is 2. The average molecular weight is 575 g/mol. The number of para-hydroxylation sites is 1. The van der Waals surface area contributed by atoms with Gasteiger partial charge in [0.1, 0.15) is 30.5 Å². The fourth-order valence-electron chi connectivity index (χ4n) is 5.95. The Morgan fingerprint density at radius 3 is 2.59 bits per heavy atom. The lowest BCUT2D eigenvalue weighted by Gasteiger charge is -2.43. The van der Waals surface area contributed by atoms with Gasteiger partial charge >= 0.3 is 11.9 Å². The third kappa shape index (κ3) is 5.37. The van der Waals surface area contributed by atoms with Gasteiger partial charge in [-0.1, -0.05) is 24.3 Å². The third-order valence-corrected chi connectivity index (χ3v) is 8.11. The van der Waals surface area contributed by atoms with E-state index in [2.05, 4.69) is 16.9 Å². The molecule has 222 valence electrons. The molecule has 13 heteroatoms. The number of benzene rings is 1. The molecule has 1 aromatic heterocycles. The van der Waals surface area contributed by atoms with E-state index in [4.69, 9.17) is 18.9 Å². The number of aliphatic hydroxyl groups is 4. The topological polar surface area (TPSA) is 200 Å². The van der Waals surface area contributed by atoms with Crippen LogP contribution >= 0.6 is 0 Å². The number of fused-ring (bicyclic) bond motifs is 3. The smallest absolute Gasteiger partial charge is 0.337 e. The molecule has 7 N–H and O–H groups in total. The SMILES string of the molecule is C=C[C@@H]1[C@H](O[C@@H]2O[C@H](CO)[C@@H](O)[C@H](O)[C@H]2O)OC=C(C(=O)OC)[C@H]1C[C@@H]1N[C@H](C(=O)O)Cc2c1[nH]c1ccccc21. The molecule has 10 atom stereocenters. The first-order valence-electron chi connectivity index (χ1n) is 13.3. The standard InChI is InChI=1S/C28H34N2O11/c1-3-12-14(8-18-21-15(9-19(29-18)25(35)36)13-6-4-5-7-17(13)30-21)16(26(37)38-2)11-39-27(12)41-28-24(34)23(33)22(32)20(10-31)40-28/h3-7,11-12,14,18-20,22-24,27-34H,1,8-10H2,2H3,(H,35,36)/t12-,14-,18-,19-,20+,22+,23-,24+,27-,28-/m0/s1. The quantitative estimate of drug-likeness (QED) is 0.163. The summed E-state index contributed by atoms with van der Waals surface area (Å²) in [6.07, 6.45) is -5.57. The third-order valence-electron chi connectivity index (χ3n) is 8.11. The number of methoxy groups -OCH3 is 1. The molecule has 4 heterocycles. The van der Waals surface area contributed by atoms with E-state index < -0.39 is 79.5 Å². The number of aliphatic carboxylic acids is 1. The van der Waals surface area contributed by atoms with E-state index in [9.17, 15) is 35.1 Å². The Balaban J connectivity index is 1.47. The molecule has 0 aliphatic carbocycles. The number of carbonyl (C=O) groups excluding carboxylic acids is 1. The maximum Gasteiger partial charge on any atom is 0.337 e. The number of aromatic nitrogens is 1. The molecule has 41 heavy (non-hydrogen) atoms. The lowest BCUT2D eigenvalue weighted by Crippen LogP contribution is -2.60. The highest BCUT2D eigenvalue weighted by molar-refractivity contribution is 5.89. The average Bonchev–Trinajstić information content (AvgIpc) is 3.36. The summed E-state index contributed by atoms with van der Waals surface area (Å²) in [5.74, 6) is -3.06. The highest BCUT2D eigenvalue weighted by Gasteiger charge is 2.48. The van der Waals surface area contributed by atoms with Crippen LogP contribution in [0.15, 0.2) is 48.8 Å². The van der Waals surface area contributed by atoms with Crippen LogP contribution in [0.1, 0.15) is 23.7 Å². The van der Waals surface area contributed by atoms with Gasteiger partial charge in [-0.3, -0.25) is 10.1 Å². The van der Waals surface area contributed by atoms with Crippen molar-refractivity contribution in [3.63, 3.8) is 0 Å². The number of ether oxygens (including phenoxy) is 4. The molecule has 1 saturated heterocycles. The zero-order valence-corrected chi connectivity index (χ0v) is 22.3. The van der Waals surface area contributed by atoms with Gasteiger partial charge < -0.3 is 49.5 Å². The van der Waals surface area contributed by atoms with Gasteiger partial charge in [-0.15, -0.1) is 6.58 Å². The minimum atomic E-state index is -1.67. The highest BCUT2D eigenvalue weighted by Crippen LogP contribution is 2.42. The maximum atomic E-state index is 12.8. The number of hydrogen-bond donors (Lipinski definition) is 7. The Hall–Kier alpha value is -3.30. The van der Waals surface area contributed by atoms with Crippen LogP contribution < -0.4 is 5.32 Å². The number of rotatable bonds is 8. The normalized spacial score (nSPS) is 35.2. The van der Waals surface area contributed by atoms with Gasteiger partial charge in [0.05, 0.1) is 25.6 Å². The summed E-state index contributed by atoms with van der Waals surface area (Å²) in [4.78, 5) is 28.3. The molecule has 2 aromatic rings. The minimum absolute atomic E-state index is 0.169. The van der Waals surface area contributed by atoms with Gasteiger partial charge in [0.2, 0.25) is 6.29 Å². The van der Waals surface area contributed by atoms with Crippen LogP contribution in [0.4, 0.5) is 0 Å². The molecular weight excluding hydrogens is 540 g/mol. The van der Waals surface area contributed by atoms with Gasteiger partial charge in [-0.05, 0) is 18.1 Å². The van der Waals surface area contributed by atoms with Gasteiger partial charge in [-0.25, -0.2) is 4.79 Å². The number of carboxylic acid groups (broad SMARTS) is 1. The first-order valence-corrected chi connectivity index (χ1v) is 13.3.